The van der Waals surface area contributed by atoms with Crippen LogP contribution in [0.15, 0.2) is 0 Å². The van der Waals surface area contributed by atoms with Gasteiger partial charge in [-0.25, -0.2) is 10.9 Å². The summed E-state index contributed by atoms with van der Waals surface area (Å²) in [6.07, 6.45) is -1.50. The number of rotatable bonds is 3. The van der Waals surface area contributed by atoms with Crippen LogP contribution in [-0.2, 0) is 4.74 Å². The lowest BCUT2D eigenvalue weighted by molar-refractivity contribution is -0.182. The summed E-state index contributed by atoms with van der Waals surface area (Å²) in [7, 11) is 0. The predicted molar refractivity (Wildman–Crippen MR) is 52.4 cm³/mol. The molecule has 3 nitrogen and oxygen atoms in total. The molecule has 1 heterocycles. The summed E-state index contributed by atoms with van der Waals surface area (Å²) >= 11 is 0. The van der Waals surface area contributed by atoms with E-state index in [-0.39, 0.29) is 6.10 Å². The summed E-state index contributed by atoms with van der Waals surface area (Å²) in [6.45, 7) is 2.44. The van der Waals surface area contributed by atoms with Gasteiger partial charge >= 0.3 is 6.18 Å². The Morgan fingerprint density at radius 2 is 2.00 bits per heavy atom. The summed E-state index contributed by atoms with van der Waals surface area (Å²) in [5, 5.41) is 0. The largest absolute Gasteiger partial charge is 0.422 e. The van der Waals surface area contributed by atoms with Crippen molar-refractivity contribution in [1.82, 2.24) is 10.9 Å². The third kappa shape index (κ3) is 2.06. The van der Waals surface area contributed by atoms with Gasteiger partial charge in [-0.3, -0.25) is 0 Å². The molecule has 1 saturated heterocycles. The van der Waals surface area contributed by atoms with E-state index in [1.807, 2.05) is 6.92 Å². The highest BCUT2D eigenvalue weighted by Gasteiger charge is 2.68. The highest BCUT2D eigenvalue weighted by Crippen LogP contribution is 2.45. The second-order valence-corrected chi connectivity index (χ2v) is 4.50. The third-order valence-corrected chi connectivity index (χ3v) is 3.48. The van der Waals surface area contributed by atoms with Crippen LogP contribution in [0.1, 0.15) is 32.6 Å². The second-order valence-electron chi connectivity index (χ2n) is 4.50. The van der Waals surface area contributed by atoms with Crippen LogP contribution in [0.3, 0.4) is 0 Å². The lowest BCUT2D eigenvalue weighted by atomic mass is 9.80. The molecule has 2 atom stereocenters. The van der Waals surface area contributed by atoms with Crippen LogP contribution in [0, 0.1) is 5.92 Å². The maximum atomic E-state index is 12.8. The smallest absolute Gasteiger partial charge is 0.378 e. The van der Waals surface area contributed by atoms with Crippen molar-refractivity contribution >= 4 is 0 Å². The average molecular weight is 238 g/mol. The topological polar surface area (TPSA) is 53.1 Å². The molecule has 0 spiro atoms. The zero-order valence-electron chi connectivity index (χ0n) is 9.23. The Balaban J connectivity index is 1.99. The number of ether oxygens (including phenoxy) is 1. The number of hydrazine groups is 1. The lowest BCUT2D eigenvalue weighted by Gasteiger charge is -2.33. The van der Waals surface area contributed by atoms with Gasteiger partial charge in [0.1, 0.15) is 0 Å². The van der Waals surface area contributed by atoms with Crippen molar-refractivity contribution in [3.63, 3.8) is 0 Å². The van der Waals surface area contributed by atoms with E-state index in [1.165, 1.54) is 0 Å². The van der Waals surface area contributed by atoms with Gasteiger partial charge in [-0.15, -0.1) is 0 Å². The molecule has 0 aromatic heterocycles. The van der Waals surface area contributed by atoms with Gasteiger partial charge in [0.2, 0.25) is 0 Å². The van der Waals surface area contributed by atoms with E-state index >= 15 is 0 Å². The number of hydrogen-bond acceptors (Lipinski definition) is 3. The molecule has 0 aromatic rings. The number of hydrogen-bond donors (Lipinski definition) is 2. The molecule has 1 saturated carbocycles. The Kier molecular flexibility index (Phi) is 3.16. The molecule has 94 valence electrons. The van der Waals surface area contributed by atoms with E-state index in [0.29, 0.717) is 19.4 Å². The van der Waals surface area contributed by atoms with Crippen molar-refractivity contribution in [2.75, 3.05) is 6.61 Å². The van der Waals surface area contributed by atoms with Gasteiger partial charge < -0.3 is 4.74 Å². The molecule has 2 rings (SSSR count). The lowest BCUT2D eigenvalue weighted by Crippen LogP contribution is -2.47. The molecule has 0 amide bonds. The van der Waals surface area contributed by atoms with E-state index in [2.05, 4.69) is 10.9 Å². The fourth-order valence-electron chi connectivity index (χ4n) is 2.57. The molecule has 0 aromatic carbocycles. The average Bonchev–Trinajstić information content (AvgIpc) is 2.98. The summed E-state index contributed by atoms with van der Waals surface area (Å²) < 4.78 is 43.9. The highest BCUT2D eigenvalue weighted by atomic mass is 19.4. The highest BCUT2D eigenvalue weighted by molar-refractivity contribution is 5.07. The van der Waals surface area contributed by atoms with Crippen molar-refractivity contribution in [3.8, 4) is 0 Å². The zero-order valence-corrected chi connectivity index (χ0v) is 9.23. The van der Waals surface area contributed by atoms with Crippen LogP contribution in [-0.4, -0.2) is 24.6 Å². The van der Waals surface area contributed by atoms with Crippen molar-refractivity contribution < 1.29 is 17.9 Å². The Morgan fingerprint density at radius 3 is 2.50 bits per heavy atom. The molecular weight excluding hydrogens is 221 g/mol. The van der Waals surface area contributed by atoms with Gasteiger partial charge in [-0.1, -0.05) is 6.42 Å². The van der Waals surface area contributed by atoms with E-state index in [1.54, 1.807) is 0 Å². The number of halogens is 3. The Hall–Kier alpha value is -0.330. The van der Waals surface area contributed by atoms with Gasteiger partial charge in [-0.2, -0.15) is 13.2 Å². The van der Waals surface area contributed by atoms with Crippen molar-refractivity contribution in [2.45, 2.75) is 50.6 Å². The normalized spacial score (nSPS) is 33.8. The first kappa shape index (κ1) is 12.1. The second kappa shape index (κ2) is 4.16. The Labute approximate surface area is 92.7 Å². The Bertz CT molecular complexity index is 251. The first-order valence-electron chi connectivity index (χ1n) is 5.72. The standard InChI is InChI=1S/C10H17F3N2O/c1-2-16-8-5-3-4-7(6-8)9(14-15-9)10(11,12)13/h7-8,14-15H,2-6H2,1H3. The van der Waals surface area contributed by atoms with E-state index in [0.717, 1.165) is 12.8 Å². The summed E-state index contributed by atoms with van der Waals surface area (Å²) in [4.78, 5) is 0. The van der Waals surface area contributed by atoms with Crippen molar-refractivity contribution in [1.29, 1.82) is 0 Å². The molecule has 0 radical (unpaired) electrons. The quantitative estimate of drug-likeness (QED) is 0.739. The Morgan fingerprint density at radius 1 is 1.31 bits per heavy atom. The third-order valence-electron chi connectivity index (χ3n) is 3.48. The molecule has 2 N–H and O–H groups in total. The van der Waals surface area contributed by atoms with Crippen molar-refractivity contribution in [2.24, 2.45) is 5.92 Å². The van der Waals surface area contributed by atoms with Crippen LogP contribution in [0.25, 0.3) is 0 Å². The molecule has 6 heteroatoms. The summed E-state index contributed by atoms with van der Waals surface area (Å²) in [6, 6.07) is 0. The molecule has 2 fully saturated rings. The molecule has 0 bridgehead atoms. The maximum Gasteiger partial charge on any atom is 0.422 e. The number of nitrogens with one attached hydrogen (secondary N) is 2. The minimum absolute atomic E-state index is 0.0211. The van der Waals surface area contributed by atoms with Crippen LogP contribution < -0.4 is 10.9 Å². The molecular formula is C10H17F3N2O. The summed E-state index contributed by atoms with van der Waals surface area (Å²) in [5.74, 6) is -0.419. The van der Waals surface area contributed by atoms with Crippen LogP contribution >= 0.6 is 0 Å². The van der Waals surface area contributed by atoms with Crippen LogP contribution in [0.4, 0.5) is 13.2 Å². The van der Waals surface area contributed by atoms with Gasteiger partial charge in [0.05, 0.1) is 6.10 Å². The van der Waals surface area contributed by atoms with Gasteiger partial charge in [0.25, 0.3) is 0 Å². The molecule has 2 aliphatic rings. The van der Waals surface area contributed by atoms with Crippen LogP contribution in [0.5, 0.6) is 0 Å². The number of alkyl halides is 3. The first-order chi connectivity index (χ1) is 7.49. The minimum atomic E-state index is -4.23. The fraction of sp³-hybridized carbons (Fsp3) is 1.00. The fourth-order valence-corrected chi connectivity index (χ4v) is 2.57. The molecule has 1 aliphatic carbocycles. The monoisotopic (exact) mass is 238 g/mol. The molecule has 1 aliphatic heterocycles. The van der Waals surface area contributed by atoms with Gasteiger partial charge in [0, 0.05) is 12.5 Å². The van der Waals surface area contributed by atoms with E-state index < -0.39 is 17.8 Å². The summed E-state index contributed by atoms with van der Waals surface area (Å²) in [5.41, 5.74) is 2.73. The predicted octanol–water partition coefficient (Wildman–Crippen LogP) is 1.95. The van der Waals surface area contributed by atoms with E-state index in [4.69, 9.17) is 4.74 Å². The van der Waals surface area contributed by atoms with E-state index in [9.17, 15) is 13.2 Å². The van der Waals surface area contributed by atoms with Gasteiger partial charge in [-0.05, 0) is 26.2 Å². The SMILES string of the molecule is CCOC1CCCC(C2(C(F)(F)F)NN2)C1. The maximum absolute atomic E-state index is 12.8. The molecule has 16 heavy (non-hydrogen) atoms. The zero-order chi connectivity index (χ0) is 11.8. The van der Waals surface area contributed by atoms with Crippen molar-refractivity contribution in [3.05, 3.63) is 0 Å². The first-order valence-corrected chi connectivity index (χ1v) is 5.72. The minimum Gasteiger partial charge on any atom is -0.378 e. The van der Waals surface area contributed by atoms with Crippen LogP contribution in [0.2, 0.25) is 0 Å². The van der Waals surface area contributed by atoms with Gasteiger partial charge in [0.15, 0.2) is 5.66 Å². The molecule has 2 unspecified atom stereocenters.